The average molecular weight is 385 g/mol. The SMILES string of the molecule is CC(=O)[C@]12OC(C)(C)O[C@@H]1C[C@H]1[C@@H]3CCC4=CC(=O)C=C[C@]4(C)[C@H]3CC[C@@]12C. The number of carbonyl (C=O) groups excluding carboxylic acids is 2. The van der Waals surface area contributed by atoms with Crippen LogP contribution in [0.2, 0.25) is 0 Å². The van der Waals surface area contributed by atoms with E-state index >= 15 is 0 Å². The first-order valence-electron chi connectivity index (χ1n) is 10.9. The zero-order valence-electron chi connectivity index (χ0n) is 17.7. The van der Waals surface area contributed by atoms with Gasteiger partial charge in [-0.25, -0.2) is 0 Å². The van der Waals surface area contributed by atoms with Gasteiger partial charge in [-0.1, -0.05) is 25.5 Å². The van der Waals surface area contributed by atoms with Crippen LogP contribution >= 0.6 is 0 Å². The highest BCUT2D eigenvalue weighted by atomic mass is 16.8. The van der Waals surface area contributed by atoms with Crippen LogP contribution in [-0.2, 0) is 19.1 Å². The Morgan fingerprint density at radius 1 is 1.14 bits per heavy atom. The lowest BCUT2D eigenvalue weighted by atomic mass is 9.47. The molecule has 1 aliphatic heterocycles. The molecule has 4 heteroatoms. The van der Waals surface area contributed by atoms with E-state index in [1.807, 2.05) is 19.9 Å². The zero-order chi connectivity index (χ0) is 20.1. The minimum Gasteiger partial charge on any atom is -0.344 e. The number of carbonyl (C=O) groups is 2. The van der Waals surface area contributed by atoms with Crippen molar-refractivity contribution in [3.05, 3.63) is 23.8 Å². The van der Waals surface area contributed by atoms with E-state index in [0.717, 1.165) is 32.1 Å². The van der Waals surface area contributed by atoms with E-state index in [2.05, 4.69) is 19.9 Å². The molecule has 0 aromatic rings. The third-order valence-corrected chi connectivity index (χ3v) is 9.07. The highest BCUT2D eigenvalue weighted by molar-refractivity contribution is 6.01. The molecule has 152 valence electrons. The summed E-state index contributed by atoms with van der Waals surface area (Å²) in [5.74, 6) is 1.02. The summed E-state index contributed by atoms with van der Waals surface area (Å²) in [4.78, 5) is 25.0. The molecule has 28 heavy (non-hydrogen) atoms. The maximum atomic E-state index is 13.0. The second-order valence-electron chi connectivity index (χ2n) is 10.7. The molecule has 4 fully saturated rings. The van der Waals surface area contributed by atoms with Crippen molar-refractivity contribution in [2.24, 2.45) is 28.6 Å². The lowest BCUT2D eigenvalue weighted by molar-refractivity contribution is -0.213. The van der Waals surface area contributed by atoms with Crippen LogP contribution < -0.4 is 0 Å². The van der Waals surface area contributed by atoms with Crippen molar-refractivity contribution in [2.75, 3.05) is 0 Å². The summed E-state index contributed by atoms with van der Waals surface area (Å²) >= 11 is 0. The highest BCUT2D eigenvalue weighted by Gasteiger charge is 2.74. The number of ether oxygens (including phenoxy) is 2. The van der Waals surface area contributed by atoms with Crippen LogP contribution in [0.5, 0.6) is 0 Å². The minimum atomic E-state index is -0.818. The van der Waals surface area contributed by atoms with Crippen LogP contribution in [0.1, 0.15) is 66.7 Å². The Hall–Kier alpha value is -1.26. The second kappa shape index (κ2) is 5.46. The molecule has 0 N–H and O–H groups in total. The summed E-state index contributed by atoms with van der Waals surface area (Å²) in [7, 11) is 0. The van der Waals surface area contributed by atoms with Gasteiger partial charge in [0.05, 0.1) is 6.10 Å². The molecule has 0 spiro atoms. The van der Waals surface area contributed by atoms with E-state index in [1.165, 1.54) is 5.57 Å². The summed E-state index contributed by atoms with van der Waals surface area (Å²) < 4.78 is 12.8. The second-order valence-corrected chi connectivity index (χ2v) is 10.7. The molecule has 3 saturated carbocycles. The van der Waals surface area contributed by atoms with Crippen LogP contribution in [0.25, 0.3) is 0 Å². The van der Waals surface area contributed by atoms with Gasteiger partial charge in [0.2, 0.25) is 0 Å². The minimum absolute atomic E-state index is 0.0276. The molecule has 0 amide bonds. The van der Waals surface area contributed by atoms with Gasteiger partial charge in [-0.2, -0.15) is 0 Å². The van der Waals surface area contributed by atoms with E-state index in [0.29, 0.717) is 17.8 Å². The monoisotopic (exact) mass is 384 g/mol. The summed E-state index contributed by atoms with van der Waals surface area (Å²) in [5.41, 5.74) is 0.268. The van der Waals surface area contributed by atoms with Gasteiger partial charge in [-0.15, -0.1) is 0 Å². The lowest BCUT2D eigenvalue weighted by Crippen LogP contribution is -2.59. The number of hydrogen-bond acceptors (Lipinski definition) is 4. The van der Waals surface area contributed by atoms with Crippen molar-refractivity contribution in [3.63, 3.8) is 0 Å². The maximum absolute atomic E-state index is 13.0. The third-order valence-electron chi connectivity index (χ3n) is 9.07. The number of rotatable bonds is 1. The summed E-state index contributed by atoms with van der Waals surface area (Å²) in [6, 6.07) is 0. The topological polar surface area (TPSA) is 52.6 Å². The van der Waals surface area contributed by atoms with Gasteiger partial charge in [0.15, 0.2) is 23.0 Å². The van der Waals surface area contributed by atoms with Crippen molar-refractivity contribution >= 4 is 11.6 Å². The Kier molecular flexibility index (Phi) is 3.65. The first kappa shape index (κ1) is 18.7. The van der Waals surface area contributed by atoms with Crippen molar-refractivity contribution in [3.8, 4) is 0 Å². The molecule has 0 radical (unpaired) electrons. The average Bonchev–Trinajstić information content (AvgIpc) is 3.02. The van der Waals surface area contributed by atoms with Crippen LogP contribution in [-0.4, -0.2) is 29.1 Å². The van der Waals surface area contributed by atoms with Gasteiger partial charge in [-0.3, -0.25) is 9.59 Å². The molecule has 4 aliphatic carbocycles. The number of allylic oxidation sites excluding steroid dienone is 4. The summed E-state index contributed by atoms with van der Waals surface area (Å²) in [6.07, 6.45) is 10.7. The van der Waals surface area contributed by atoms with Gasteiger partial charge in [0, 0.05) is 10.8 Å². The number of Topliss-reactive ketones (excluding diaryl/α,β-unsaturated/α-hetero) is 1. The predicted molar refractivity (Wildman–Crippen MR) is 105 cm³/mol. The van der Waals surface area contributed by atoms with Crippen molar-refractivity contribution < 1.29 is 19.1 Å². The van der Waals surface area contributed by atoms with Crippen LogP contribution in [0.3, 0.4) is 0 Å². The van der Waals surface area contributed by atoms with E-state index in [1.54, 1.807) is 13.0 Å². The number of fused-ring (bicyclic) bond motifs is 7. The molecule has 5 rings (SSSR count). The molecule has 1 heterocycles. The number of hydrogen-bond donors (Lipinski definition) is 0. The van der Waals surface area contributed by atoms with Gasteiger partial charge in [0.25, 0.3) is 0 Å². The van der Waals surface area contributed by atoms with Crippen molar-refractivity contribution in [1.29, 1.82) is 0 Å². The summed E-state index contributed by atoms with van der Waals surface area (Å²) in [6.45, 7) is 10.2. The first-order chi connectivity index (χ1) is 13.0. The Morgan fingerprint density at radius 3 is 2.61 bits per heavy atom. The normalized spacial score (nSPS) is 51.0. The molecule has 1 saturated heterocycles. The van der Waals surface area contributed by atoms with Gasteiger partial charge >= 0.3 is 0 Å². The Morgan fingerprint density at radius 2 is 1.89 bits per heavy atom. The molecule has 0 aromatic carbocycles. The first-order valence-corrected chi connectivity index (χ1v) is 10.9. The predicted octanol–water partition coefficient (Wildman–Crippen LogP) is 4.38. The molecular weight excluding hydrogens is 352 g/mol. The fraction of sp³-hybridized carbons (Fsp3) is 0.750. The summed E-state index contributed by atoms with van der Waals surface area (Å²) in [5, 5.41) is 0. The highest BCUT2D eigenvalue weighted by Crippen LogP contribution is 2.70. The van der Waals surface area contributed by atoms with E-state index < -0.39 is 11.4 Å². The quantitative estimate of drug-likeness (QED) is 0.673. The molecule has 7 atom stereocenters. The molecule has 5 aliphatic rings. The van der Waals surface area contributed by atoms with Crippen LogP contribution in [0.15, 0.2) is 23.8 Å². The van der Waals surface area contributed by atoms with Crippen molar-refractivity contribution in [1.82, 2.24) is 0 Å². The smallest absolute Gasteiger partial charge is 0.178 e. The zero-order valence-corrected chi connectivity index (χ0v) is 17.7. The van der Waals surface area contributed by atoms with Gasteiger partial charge < -0.3 is 9.47 Å². The molecule has 0 bridgehead atoms. The molecule has 0 unspecified atom stereocenters. The Bertz CT molecular complexity index is 822. The third kappa shape index (κ3) is 2.09. The number of ketones is 2. The van der Waals surface area contributed by atoms with Crippen LogP contribution in [0.4, 0.5) is 0 Å². The Balaban J connectivity index is 1.55. The lowest BCUT2D eigenvalue weighted by Gasteiger charge is -2.58. The van der Waals surface area contributed by atoms with Crippen molar-refractivity contribution in [2.45, 2.75) is 84.2 Å². The fourth-order valence-corrected chi connectivity index (χ4v) is 7.95. The van der Waals surface area contributed by atoms with E-state index in [-0.39, 0.29) is 28.5 Å². The van der Waals surface area contributed by atoms with Crippen LogP contribution in [0, 0.1) is 28.6 Å². The molecule has 4 nitrogen and oxygen atoms in total. The largest absolute Gasteiger partial charge is 0.344 e. The Labute approximate surface area is 167 Å². The van der Waals surface area contributed by atoms with Gasteiger partial charge in [-0.05, 0) is 82.8 Å². The molecular formula is C24H32O4. The standard InChI is InChI=1S/C24H32O4/c1-14(25)24-20(27-21(2,3)28-24)13-19-17-7-6-15-12-16(26)8-10-22(15,4)18(17)9-11-23(19,24)5/h8,10,12,17-20H,6-7,9,11,13H2,1-5H3/t17-,18+,19+,20-,22+,23+,24+/m1/s1. The fourth-order valence-electron chi connectivity index (χ4n) is 7.95. The van der Waals surface area contributed by atoms with E-state index in [9.17, 15) is 9.59 Å². The van der Waals surface area contributed by atoms with Gasteiger partial charge in [0.1, 0.15) is 0 Å². The molecule has 0 aromatic heterocycles. The van der Waals surface area contributed by atoms with E-state index in [4.69, 9.17) is 9.47 Å². The maximum Gasteiger partial charge on any atom is 0.178 e.